The van der Waals surface area contributed by atoms with Crippen LogP contribution in [0.25, 0.3) is 0 Å². The van der Waals surface area contributed by atoms with E-state index in [0.717, 1.165) is 37.7 Å². The Balaban J connectivity index is 1.43. The Morgan fingerprint density at radius 1 is 1.36 bits per heavy atom. The van der Waals surface area contributed by atoms with E-state index in [2.05, 4.69) is 4.98 Å². The molecule has 2 heterocycles. The van der Waals surface area contributed by atoms with Crippen molar-refractivity contribution in [2.24, 2.45) is 0 Å². The third-order valence-electron chi connectivity index (χ3n) is 5.83. The summed E-state index contributed by atoms with van der Waals surface area (Å²) >= 11 is 0. The molecule has 1 amide bonds. The second kappa shape index (κ2) is 7.02. The van der Waals surface area contributed by atoms with Crippen molar-refractivity contribution in [3.05, 3.63) is 30.1 Å². The Morgan fingerprint density at radius 3 is 2.88 bits per heavy atom. The summed E-state index contributed by atoms with van der Waals surface area (Å²) in [6, 6.07) is 3.92. The summed E-state index contributed by atoms with van der Waals surface area (Å²) in [4.78, 5) is 18.7. The summed E-state index contributed by atoms with van der Waals surface area (Å²) in [6.45, 7) is 1.63. The van der Waals surface area contributed by atoms with Crippen molar-refractivity contribution in [1.29, 1.82) is 0 Å². The van der Waals surface area contributed by atoms with Gasteiger partial charge in [0.15, 0.2) is 0 Å². The summed E-state index contributed by atoms with van der Waals surface area (Å²) in [7, 11) is 0. The normalized spacial score (nSPS) is 30.6. The first-order valence-electron chi connectivity index (χ1n) is 9.29. The zero-order valence-electron chi connectivity index (χ0n) is 14.5. The molecule has 1 saturated heterocycles. The van der Waals surface area contributed by atoms with Gasteiger partial charge in [0.25, 0.3) is 0 Å². The average Bonchev–Trinajstić information content (AvgIpc) is 2.87. The fourth-order valence-corrected chi connectivity index (χ4v) is 4.24. The van der Waals surface area contributed by atoms with Crippen molar-refractivity contribution in [2.75, 3.05) is 13.2 Å². The van der Waals surface area contributed by atoms with Gasteiger partial charge in [0, 0.05) is 18.9 Å². The number of carbonyl (C=O) groups excluding carboxylic acids is 1. The molecule has 1 aromatic heterocycles. The van der Waals surface area contributed by atoms with E-state index < -0.39 is 5.60 Å². The number of ether oxygens (including phenoxy) is 2. The molecular weight excluding hydrogens is 320 g/mol. The SMILES string of the molecule is O=C(CC1(O)CCC1)N1CCO[C@H]2CC[C@H]1[C@@H]2OCc1ccncc1. The first kappa shape index (κ1) is 16.9. The third-order valence-corrected chi connectivity index (χ3v) is 5.83. The highest BCUT2D eigenvalue weighted by molar-refractivity contribution is 5.78. The lowest BCUT2D eigenvalue weighted by Crippen LogP contribution is -2.50. The van der Waals surface area contributed by atoms with Crippen LogP contribution in [0.3, 0.4) is 0 Å². The van der Waals surface area contributed by atoms with E-state index in [4.69, 9.17) is 9.47 Å². The molecule has 2 saturated carbocycles. The van der Waals surface area contributed by atoms with Crippen molar-refractivity contribution in [3.8, 4) is 0 Å². The number of rotatable bonds is 5. The van der Waals surface area contributed by atoms with Gasteiger partial charge in [-0.2, -0.15) is 0 Å². The van der Waals surface area contributed by atoms with Crippen LogP contribution in [0.15, 0.2) is 24.5 Å². The lowest BCUT2D eigenvalue weighted by atomic mass is 9.77. The maximum absolute atomic E-state index is 12.8. The number of carbonyl (C=O) groups is 1. The molecule has 136 valence electrons. The van der Waals surface area contributed by atoms with Gasteiger partial charge in [-0.15, -0.1) is 0 Å². The molecule has 0 aromatic carbocycles. The number of aliphatic hydroxyl groups is 1. The highest BCUT2D eigenvalue weighted by Gasteiger charge is 2.46. The van der Waals surface area contributed by atoms with Gasteiger partial charge in [0.1, 0.15) is 6.10 Å². The molecule has 0 spiro atoms. The highest BCUT2D eigenvalue weighted by Crippen LogP contribution is 2.37. The number of nitrogens with zero attached hydrogens (tertiary/aromatic N) is 2. The summed E-state index contributed by atoms with van der Waals surface area (Å²) < 4.78 is 12.1. The molecule has 3 fully saturated rings. The predicted octanol–water partition coefficient (Wildman–Crippen LogP) is 1.66. The molecule has 6 heteroatoms. The smallest absolute Gasteiger partial charge is 0.225 e. The van der Waals surface area contributed by atoms with Crippen LogP contribution in [0, 0.1) is 0 Å². The third kappa shape index (κ3) is 3.57. The monoisotopic (exact) mass is 346 g/mol. The molecule has 1 N–H and O–H groups in total. The number of hydrogen-bond acceptors (Lipinski definition) is 5. The van der Waals surface area contributed by atoms with Crippen molar-refractivity contribution >= 4 is 5.91 Å². The standard InChI is InChI=1S/C19H26N2O4/c22-17(12-19(23)6-1-7-19)21-10-11-24-16-3-2-15(21)18(16)25-13-14-4-8-20-9-5-14/h4-5,8-9,15-16,18,23H,1-3,6-7,10-13H2/t15-,16-,18-/m0/s1. The Kier molecular flexibility index (Phi) is 4.75. The van der Waals surface area contributed by atoms with Crippen LogP contribution >= 0.6 is 0 Å². The molecular formula is C19H26N2O4. The zero-order valence-corrected chi connectivity index (χ0v) is 14.5. The Bertz CT molecular complexity index is 605. The van der Waals surface area contributed by atoms with Gasteiger partial charge in [-0.05, 0) is 49.8 Å². The number of aromatic nitrogens is 1. The van der Waals surface area contributed by atoms with Crippen LogP contribution in [-0.4, -0.2) is 57.9 Å². The van der Waals surface area contributed by atoms with Gasteiger partial charge < -0.3 is 19.5 Å². The second-order valence-corrected chi connectivity index (χ2v) is 7.53. The number of hydrogen-bond donors (Lipinski definition) is 1. The largest absolute Gasteiger partial charge is 0.389 e. The van der Waals surface area contributed by atoms with Gasteiger partial charge in [0.2, 0.25) is 5.91 Å². The van der Waals surface area contributed by atoms with Gasteiger partial charge in [0.05, 0.1) is 37.4 Å². The van der Waals surface area contributed by atoms with Gasteiger partial charge in [-0.1, -0.05) is 0 Å². The van der Waals surface area contributed by atoms with Crippen molar-refractivity contribution in [1.82, 2.24) is 9.88 Å². The minimum Gasteiger partial charge on any atom is -0.389 e. The highest BCUT2D eigenvalue weighted by atomic mass is 16.5. The predicted molar refractivity (Wildman–Crippen MR) is 90.7 cm³/mol. The van der Waals surface area contributed by atoms with E-state index in [1.165, 1.54) is 0 Å². The number of pyridine rings is 1. The molecule has 3 aliphatic rings. The molecule has 0 unspecified atom stereocenters. The molecule has 25 heavy (non-hydrogen) atoms. The molecule has 1 aliphatic heterocycles. The number of amides is 1. The van der Waals surface area contributed by atoms with Crippen LogP contribution in [0.2, 0.25) is 0 Å². The van der Waals surface area contributed by atoms with Crippen LogP contribution in [0.4, 0.5) is 0 Å². The van der Waals surface area contributed by atoms with E-state index in [0.29, 0.717) is 19.8 Å². The maximum Gasteiger partial charge on any atom is 0.225 e. The molecule has 2 aliphatic carbocycles. The van der Waals surface area contributed by atoms with Crippen LogP contribution < -0.4 is 0 Å². The van der Waals surface area contributed by atoms with E-state index in [1.54, 1.807) is 12.4 Å². The van der Waals surface area contributed by atoms with Crippen LogP contribution in [-0.2, 0) is 20.9 Å². The first-order chi connectivity index (χ1) is 12.1. The summed E-state index contributed by atoms with van der Waals surface area (Å²) in [5, 5.41) is 10.4. The van der Waals surface area contributed by atoms with E-state index in [9.17, 15) is 9.90 Å². The molecule has 4 rings (SSSR count). The molecule has 3 atom stereocenters. The Morgan fingerprint density at radius 2 is 2.16 bits per heavy atom. The first-order valence-corrected chi connectivity index (χ1v) is 9.29. The molecule has 0 radical (unpaired) electrons. The lowest BCUT2D eigenvalue weighted by molar-refractivity contribution is -0.145. The summed E-state index contributed by atoms with van der Waals surface area (Å²) in [5.41, 5.74) is 0.288. The minimum atomic E-state index is -0.782. The summed E-state index contributed by atoms with van der Waals surface area (Å²) in [5.74, 6) is 0.0378. The minimum absolute atomic E-state index is 0.0378. The van der Waals surface area contributed by atoms with Crippen molar-refractivity contribution < 1.29 is 19.4 Å². The van der Waals surface area contributed by atoms with Gasteiger partial charge >= 0.3 is 0 Å². The van der Waals surface area contributed by atoms with Crippen LogP contribution in [0.1, 0.15) is 44.1 Å². The van der Waals surface area contributed by atoms with E-state index >= 15 is 0 Å². The molecule has 2 bridgehead atoms. The van der Waals surface area contributed by atoms with E-state index in [1.807, 2.05) is 17.0 Å². The Hall–Kier alpha value is -1.50. The van der Waals surface area contributed by atoms with Gasteiger partial charge in [-0.3, -0.25) is 9.78 Å². The van der Waals surface area contributed by atoms with Crippen molar-refractivity contribution in [3.63, 3.8) is 0 Å². The number of fused-ring (bicyclic) bond motifs is 2. The lowest BCUT2D eigenvalue weighted by Gasteiger charge is -2.39. The second-order valence-electron chi connectivity index (χ2n) is 7.53. The molecule has 6 nitrogen and oxygen atoms in total. The van der Waals surface area contributed by atoms with Crippen molar-refractivity contribution in [2.45, 2.75) is 69.0 Å². The fourth-order valence-electron chi connectivity index (χ4n) is 4.24. The topological polar surface area (TPSA) is 71.9 Å². The quantitative estimate of drug-likeness (QED) is 0.878. The zero-order chi connectivity index (χ0) is 17.3. The molecule has 1 aromatic rings. The average molecular weight is 346 g/mol. The van der Waals surface area contributed by atoms with Gasteiger partial charge in [-0.25, -0.2) is 0 Å². The fraction of sp³-hybridized carbons (Fsp3) is 0.684. The Labute approximate surface area is 148 Å². The van der Waals surface area contributed by atoms with E-state index in [-0.39, 0.29) is 30.6 Å². The summed E-state index contributed by atoms with van der Waals surface area (Å²) in [6.07, 6.45) is 7.98. The van der Waals surface area contributed by atoms with Crippen LogP contribution in [0.5, 0.6) is 0 Å². The maximum atomic E-state index is 12.8.